The van der Waals surface area contributed by atoms with Crippen molar-refractivity contribution >= 4 is 17.6 Å². The number of Topliss-reactive ketones (excluding diaryl/α,β-unsaturated/α-hetero) is 1. The molecule has 2 heterocycles. The van der Waals surface area contributed by atoms with E-state index in [1.54, 1.807) is 0 Å². The Morgan fingerprint density at radius 1 is 0.842 bits per heavy atom. The summed E-state index contributed by atoms with van der Waals surface area (Å²) in [5, 5.41) is 17.8. The number of ketones is 1. The van der Waals surface area contributed by atoms with Crippen LogP contribution in [0.5, 0.6) is 0 Å². The third-order valence-corrected chi connectivity index (χ3v) is 7.65. The lowest BCUT2D eigenvalue weighted by Crippen LogP contribution is -2.47. The molecule has 0 amide bonds. The molecule has 0 bridgehead atoms. The van der Waals surface area contributed by atoms with Crippen molar-refractivity contribution in [3.05, 3.63) is 69.8 Å². The largest absolute Gasteiger partial charge is 0.480 e. The van der Waals surface area contributed by atoms with E-state index in [4.69, 9.17) is 10.5 Å². The zero-order chi connectivity index (χ0) is 27.8. The van der Waals surface area contributed by atoms with Gasteiger partial charge in [-0.05, 0) is 51.3 Å². The van der Waals surface area contributed by atoms with E-state index >= 15 is 0 Å². The van der Waals surface area contributed by atoms with Crippen molar-refractivity contribution < 1.29 is 14.7 Å². The number of rotatable bonds is 7. The molecule has 1 fully saturated rings. The van der Waals surface area contributed by atoms with Gasteiger partial charge in [0, 0.05) is 50.4 Å². The number of benzene rings is 2. The summed E-state index contributed by atoms with van der Waals surface area (Å²) in [6.45, 7) is 17.6. The number of carboxylic acids is 1. The van der Waals surface area contributed by atoms with Crippen LogP contribution in [0.25, 0.3) is 0 Å². The number of nitrogens with zero attached hydrogens (tertiary/aromatic N) is 3. The maximum Gasteiger partial charge on any atom is 0.317 e. The number of amidine groups is 1. The van der Waals surface area contributed by atoms with Gasteiger partial charge in [-0.2, -0.15) is 0 Å². The first-order valence-electron chi connectivity index (χ1n) is 13.5. The summed E-state index contributed by atoms with van der Waals surface area (Å²) in [6, 6.07) is 12.6. The fourth-order valence-electron chi connectivity index (χ4n) is 5.19. The first-order chi connectivity index (χ1) is 17.7. The normalized spacial score (nSPS) is 17.1. The van der Waals surface area contributed by atoms with Crippen LogP contribution in [0.2, 0.25) is 0 Å². The smallest absolute Gasteiger partial charge is 0.317 e. The SMILES string of the molecule is CC(C)(C)c1cc(CN2CCN(CC(=O)O)CC2)cc(C(=O)CN2Cc3ccc(C(C)(C)C)cc3C2=N)c1. The summed E-state index contributed by atoms with van der Waals surface area (Å²) >= 11 is 0. The molecule has 38 heavy (non-hydrogen) atoms. The van der Waals surface area contributed by atoms with Gasteiger partial charge >= 0.3 is 5.97 Å². The Morgan fingerprint density at radius 3 is 2.08 bits per heavy atom. The molecule has 1 saturated heterocycles. The van der Waals surface area contributed by atoms with E-state index in [0.29, 0.717) is 17.9 Å². The molecule has 0 aliphatic carbocycles. The molecule has 4 rings (SSSR count). The predicted octanol–water partition coefficient (Wildman–Crippen LogP) is 4.51. The minimum Gasteiger partial charge on any atom is -0.480 e. The second-order valence-electron chi connectivity index (χ2n) is 12.9. The first kappa shape index (κ1) is 28.0. The number of nitrogens with one attached hydrogen (secondary N) is 1. The summed E-state index contributed by atoms with van der Waals surface area (Å²) < 4.78 is 0. The van der Waals surface area contributed by atoms with E-state index in [1.165, 1.54) is 5.56 Å². The molecule has 2 N–H and O–H groups in total. The number of carbonyl (C=O) groups is 2. The van der Waals surface area contributed by atoms with Crippen molar-refractivity contribution in [2.75, 3.05) is 39.3 Å². The Bertz CT molecular complexity index is 1230. The van der Waals surface area contributed by atoms with Gasteiger partial charge in [-0.25, -0.2) is 0 Å². The summed E-state index contributed by atoms with van der Waals surface area (Å²) in [4.78, 5) is 30.8. The lowest BCUT2D eigenvalue weighted by atomic mass is 9.84. The number of piperazine rings is 1. The minimum atomic E-state index is -0.789. The van der Waals surface area contributed by atoms with Gasteiger partial charge in [0.15, 0.2) is 5.78 Å². The summed E-state index contributed by atoms with van der Waals surface area (Å²) in [5.74, 6) is -0.341. The van der Waals surface area contributed by atoms with Crippen LogP contribution in [0.4, 0.5) is 0 Å². The molecule has 2 aliphatic rings. The highest BCUT2D eigenvalue weighted by molar-refractivity contribution is 6.05. The van der Waals surface area contributed by atoms with Gasteiger partial charge in [-0.3, -0.25) is 24.8 Å². The zero-order valence-corrected chi connectivity index (χ0v) is 23.7. The molecule has 0 aromatic heterocycles. The van der Waals surface area contributed by atoms with Gasteiger partial charge in [0.1, 0.15) is 5.84 Å². The van der Waals surface area contributed by atoms with E-state index in [0.717, 1.165) is 55.0 Å². The Kier molecular flexibility index (Phi) is 7.82. The lowest BCUT2D eigenvalue weighted by Gasteiger charge is -2.34. The average Bonchev–Trinajstić information content (AvgIpc) is 3.13. The van der Waals surface area contributed by atoms with Gasteiger partial charge in [-0.15, -0.1) is 0 Å². The molecular weight excluding hydrogens is 476 g/mol. The van der Waals surface area contributed by atoms with E-state index in [9.17, 15) is 9.59 Å². The fraction of sp³-hybridized carbons (Fsp3) is 0.516. The van der Waals surface area contributed by atoms with E-state index in [-0.39, 0.29) is 29.7 Å². The van der Waals surface area contributed by atoms with Crippen molar-refractivity contribution in [1.29, 1.82) is 5.41 Å². The lowest BCUT2D eigenvalue weighted by molar-refractivity contribution is -0.138. The van der Waals surface area contributed by atoms with Gasteiger partial charge in [0.05, 0.1) is 13.1 Å². The zero-order valence-electron chi connectivity index (χ0n) is 23.7. The third kappa shape index (κ3) is 6.51. The second kappa shape index (κ2) is 10.6. The first-order valence-corrected chi connectivity index (χ1v) is 13.5. The predicted molar refractivity (Wildman–Crippen MR) is 151 cm³/mol. The van der Waals surface area contributed by atoms with Crippen LogP contribution in [-0.2, 0) is 28.7 Å². The Balaban J connectivity index is 1.49. The minimum absolute atomic E-state index is 0.00521. The molecule has 0 atom stereocenters. The summed E-state index contributed by atoms with van der Waals surface area (Å²) in [6.07, 6.45) is 0. The number of fused-ring (bicyclic) bond motifs is 1. The van der Waals surface area contributed by atoms with Crippen molar-refractivity contribution in [3.63, 3.8) is 0 Å². The molecule has 0 unspecified atom stereocenters. The van der Waals surface area contributed by atoms with Crippen molar-refractivity contribution in [1.82, 2.24) is 14.7 Å². The van der Waals surface area contributed by atoms with E-state index in [2.05, 4.69) is 70.7 Å². The van der Waals surface area contributed by atoms with Crippen molar-refractivity contribution in [3.8, 4) is 0 Å². The average molecular weight is 519 g/mol. The van der Waals surface area contributed by atoms with Gasteiger partial charge in [0.2, 0.25) is 0 Å². The number of carboxylic acid groups (broad SMARTS) is 1. The van der Waals surface area contributed by atoms with Crippen LogP contribution in [-0.4, -0.2) is 76.7 Å². The van der Waals surface area contributed by atoms with E-state index in [1.807, 2.05) is 21.9 Å². The molecule has 7 heteroatoms. The van der Waals surface area contributed by atoms with Crippen LogP contribution in [0, 0.1) is 5.41 Å². The van der Waals surface area contributed by atoms with Gasteiger partial charge in [-0.1, -0.05) is 59.7 Å². The molecule has 204 valence electrons. The number of hydrogen-bond donors (Lipinski definition) is 2. The molecule has 2 aromatic carbocycles. The molecule has 2 aliphatic heterocycles. The Hall–Kier alpha value is -3.03. The Labute approximate surface area is 226 Å². The van der Waals surface area contributed by atoms with Crippen LogP contribution in [0.3, 0.4) is 0 Å². The number of carbonyl (C=O) groups excluding carboxylic acids is 1. The highest BCUT2D eigenvalue weighted by Gasteiger charge is 2.29. The fourth-order valence-corrected chi connectivity index (χ4v) is 5.19. The highest BCUT2D eigenvalue weighted by atomic mass is 16.4. The summed E-state index contributed by atoms with van der Waals surface area (Å²) in [5.41, 5.74) is 6.03. The van der Waals surface area contributed by atoms with Crippen molar-refractivity contribution in [2.24, 2.45) is 0 Å². The molecular formula is C31H42N4O3. The van der Waals surface area contributed by atoms with Crippen LogP contribution in [0.15, 0.2) is 36.4 Å². The molecule has 0 saturated carbocycles. The van der Waals surface area contributed by atoms with Gasteiger partial charge in [0.25, 0.3) is 0 Å². The van der Waals surface area contributed by atoms with Crippen LogP contribution < -0.4 is 0 Å². The third-order valence-electron chi connectivity index (χ3n) is 7.65. The van der Waals surface area contributed by atoms with Crippen LogP contribution in [0.1, 0.15) is 79.7 Å². The summed E-state index contributed by atoms with van der Waals surface area (Å²) in [7, 11) is 0. The molecule has 0 spiro atoms. The van der Waals surface area contributed by atoms with Crippen LogP contribution >= 0.6 is 0 Å². The molecule has 2 aromatic rings. The Morgan fingerprint density at radius 2 is 1.47 bits per heavy atom. The highest BCUT2D eigenvalue weighted by Crippen LogP contribution is 2.30. The maximum atomic E-state index is 13.6. The molecule has 0 radical (unpaired) electrons. The number of aliphatic carboxylic acids is 1. The van der Waals surface area contributed by atoms with E-state index < -0.39 is 5.97 Å². The topological polar surface area (TPSA) is 87.9 Å². The second-order valence-corrected chi connectivity index (χ2v) is 12.9. The number of hydrogen-bond acceptors (Lipinski definition) is 5. The standard InChI is InChI=1S/C31H42N4O3/c1-30(2,3)24-8-7-22-18-35(29(32)26(22)16-24)19-27(36)23-13-21(14-25(15-23)31(4,5)6)17-33-9-11-34(12-10-33)20-28(37)38/h7-8,13-16,32H,9-12,17-20H2,1-6H3,(H,37,38). The van der Waals surface area contributed by atoms with Crippen molar-refractivity contribution in [2.45, 2.75) is 65.5 Å². The van der Waals surface area contributed by atoms with Gasteiger partial charge < -0.3 is 10.0 Å². The maximum absolute atomic E-state index is 13.6. The molecule has 7 nitrogen and oxygen atoms in total. The monoisotopic (exact) mass is 518 g/mol. The quantitative estimate of drug-likeness (QED) is 0.525.